The highest BCUT2D eigenvalue weighted by molar-refractivity contribution is 5.95. The minimum absolute atomic E-state index is 0.0875. The fraction of sp³-hybridized carbons (Fsp3) is 0.176. The van der Waals surface area contributed by atoms with Gasteiger partial charge in [0.15, 0.2) is 0 Å². The molecule has 0 aliphatic rings. The zero-order valence-electron chi connectivity index (χ0n) is 23.8. The minimum Gasteiger partial charge on any atom is -0.434 e. The van der Waals surface area contributed by atoms with Gasteiger partial charge < -0.3 is 25.8 Å². The highest BCUT2D eigenvalue weighted by Gasteiger charge is 2.28. The largest absolute Gasteiger partial charge is 0.513 e. The predicted molar refractivity (Wildman–Crippen MR) is 164 cm³/mol. The fourth-order valence-corrected chi connectivity index (χ4v) is 4.58. The molecule has 4 aromatic carbocycles. The second-order valence-corrected chi connectivity index (χ2v) is 9.78. The molecule has 0 aliphatic carbocycles. The number of amidine groups is 1. The molecule has 9 heteroatoms. The number of amides is 2. The van der Waals surface area contributed by atoms with Crippen molar-refractivity contribution in [2.75, 3.05) is 6.61 Å². The summed E-state index contributed by atoms with van der Waals surface area (Å²) in [5.74, 6) is -1.10. The molecule has 0 spiro atoms. The van der Waals surface area contributed by atoms with Gasteiger partial charge in [-0.15, -0.1) is 0 Å². The molecule has 0 aromatic heterocycles. The van der Waals surface area contributed by atoms with Crippen LogP contribution in [0.5, 0.6) is 5.75 Å². The summed E-state index contributed by atoms with van der Waals surface area (Å²) in [5, 5.41) is 13.7. The molecule has 43 heavy (non-hydrogen) atoms. The summed E-state index contributed by atoms with van der Waals surface area (Å²) in [4.78, 5) is 39.0. The lowest BCUT2D eigenvalue weighted by molar-refractivity contribution is -0.129. The number of nitrogens with one attached hydrogen (secondary N) is 3. The van der Waals surface area contributed by atoms with E-state index in [9.17, 15) is 14.4 Å². The zero-order chi connectivity index (χ0) is 30.6. The van der Waals surface area contributed by atoms with Gasteiger partial charge in [-0.25, -0.2) is 4.79 Å². The Labute approximate surface area is 250 Å². The summed E-state index contributed by atoms with van der Waals surface area (Å²) in [6.45, 7) is 2.07. The third-order valence-electron chi connectivity index (χ3n) is 6.69. The summed E-state index contributed by atoms with van der Waals surface area (Å²) in [5.41, 5.74) is 9.32. The van der Waals surface area contributed by atoms with Crippen LogP contribution in [0.1, 0.15) is 40.7 Å². The van der Waals surface area contributed by atoms with Gasteiger partial charge in [-0.1, -0.05) is 91.0 Å². The number of benzene rings is 4. The molecular weight excluding hydrogens is 544 g/mol. The van der Waals surface area contributed by atoms with Gasteiger partial charge in [0.25, 0.3) is 0 Å². The molecule has 220 valence electrons. The van der Waals surface area contributed by atoms with Crippen molar-refractivity contribution in [3.63, 3.8) is 0 Å². The maximum Gasteiger partial charge on any atom is 0.513 e. The number of carbonyl (C=O) groups is 3. The van der Waals surface area contributed by atoms with Crippen LogP contribution in [0.15, 0.2) is 109 Å². The average Bonchev–Trinajstić information content (AvgIpc) is 3.01. The lowest BCUT2D eigenvalue weighted by atomic mass is 9.90. The quantitative estimate of drug-likeness (QED) is 0.0832. The number of nitrogen functional groups attached to an aromatic ring is 1. The molecule has 4 rings (SSSR count). The van der Waals surface area contributed by atoms with Gasteiger partial charge >= 0.3 is 6.16 Å². The topological polar surface area (TPSA) is 144 Å². The SMILES string of the molecule is CCOC(=O)Oc1ccc(CNC(=O)C(Cc2cccc(C(=N)N)c2)NC(=O)C(c2ccccc2)c2ccccc2)cc1. The van der Waals surface area contributed by atoms with E-state index in [2.05, 4.69) is 10.6 Å². The summed E-state index contributed by atoms with van der Waals surface area (Å²) in [7, 11) is 0. The van der Waals surface area contributed by atoms with Gasteiger partial charge in [0, 0.05) is 18.5 Å². The molecule has 9 nitrogen and oxygen atoms in total. The number of hydrogen-bond donors (Lipinski definition) is 4. The normalized spacial score (nSPS) is 11.3. The Balaban J connectivity index is 1.54. The maximum atomic E-state index is 13.9. The fourth-order valence-electron chi connectivity index (χ4n) is 4.58. The molecule has 0 saturated heterocycles. The van der Waals surface area contributed by atoms with Gasteiger partial charge in [0.1, 0.15) is 17.6 Å². The molecule has 5 N–H and O–H groups in total. The molecule has 0 bridgehead atoms. The molecule has 0 saturated carbocycles. The second-order valence-electron chi connectivity index (χ2n) is 9.78. The molecule has 0 aliphatic heterocycles. The van der Waals surface area contributed by atoms with E-state index in [1.54, 1.807) is 49.4 Å². The van der Waals surface area contributed by atoms with Crippen LogP contribution >= 0.6 is 0 Å². The molecule has 4 aromatic rings. The third-order valence-corrected chi connectivity index (χ3v) is 6.69. The van der Waals surface area contributed by atoms with Crippen LogP contribution in [0.2, 0.25) is 0 Å². The van der Waals surface area contributed by atoms with Gasteiger partial charge in [-0.2, -0.15) is 0 Å². The van der Waals surface area contributed by atoms with Crippen LogP contribution in [0.3, 0.4) is 0 Å². The molecule has 1 atom stereocenters. The number of ether oxygens (including phenoxy) is 2. The first kappa shape index (κ1) is 30.5. The van der Waals surface area contributed by atoms with E-state index < -0.39 is 18.1 Å². The lowest BCUT2D eigenvalue weighted by Gasteiger charge is -2.23. The first-order valence-corrected chi connectivity index (χ1v) is 13.9. The van der Waals surface area contributed by atoms with Crippen molar-refractivity contribution < 1.29 is 23.9 Å². The van der Waals surface area contributed by atoms with Crippen LogP contribution in [-0.2, 0) is 27.3 Å². The lowest BCUT2D eigenvalue weighted by Crippen LogP contribution is -2.49. The Morgan fingerprint density at radius 2 is 1.42 bits per heavy atom. The summed E-state index contributed by atoms with van der Waals surface area (Å²) in [6, 6.07) is 31.6. The monoisotopic (exact) mass is 578 g/mol. The Morgan fingerprint density at radius 1 is 0.791 bits per heavy atom. The Bertz CT molecular complexity index is 1500. The van der Waals surface area contributed by atoms with E-state index in [0.29, 0.717) is 11.3 Å². The Hall–Kier alpha value is -5.44. The first-order valence-electron chi connectivity index (χ1n) is 13.9. The van der Waals surface area contributed by atoms with E-state index in [1.807, 2.05) is 66.7 Å². The highest BCUT2D eigenvalue weighted by atomic mass is 16.7. The first-order chi connectivity index (χ1) is 20.8. The number of carbonyl (C=O) groups excluding carboxylic acids is 3. The van der Waals surface area contributed by atoms with Crippen LogP contribution in [0.25, 0.3) is 0 Å². The van der Waals surface area contributed by atoms with Gasteiger partial charge in [0.05, 0.1) is 12.5 Å². The smallest absolute Gasteiger partial charge is 0.434 e. The van der Waals surface area contributed by atoms with Crippen molar-refractivity contribution in [2.24, 2.45) is 5.73 Å². The van der Waals surface area contributed by atoms with E-state index in [4.69, 9.17) is 20.6 Å². The number of rotatable bonds is 12. The predicted octanol–water partition coefficient (Wildman–Crippen LogP) is 4.68. The number of hydrogen-bond acceptors (Lipinski definition) is 6. The zero-order valence-corrected chi connectivity index (χ0v) is 23.8. The molecule has 0 heterocycles. The van der Waals surface area contributed by atoms with Crippen molar-refractivity contribution in [3.05, 3.63) is 137 Å². The van der Waals surface area contributed by atoms with E-state index in [0.717, 1.165) is 22.3 Å². The van der Waals surface area contributed by atoms with E-state index >= 15 is 0 Å². The van der Waals surface area contributed by atoms with Crippen molar-refractivity contribution >= 4 is 23.8 Å². The minimum atomic E-state index is -0.920. The summed E-state index contributed by atoms with van der Waals surface area (Å²) in [6.07, 6.45) is -0.610. The van der Waals surface area contributed by atoms with Crippen molar-refractivity contribution in [3.8, 4) is 5.75 Å². The maximum absolute atomic E-state index is 13.9. The molecule has 2 amide bonds. The number of nitrogens with two attached hydrogens (primary N) is 1. The van der Waals surface area contributed by atoms with Crippen LogP contribution in [0, 0.1) is 5.41 Å². The Kier molecular flexibility index (Phi) is 10.6. The van der Waals surface area contributed by atoms with Crippen molar-refractivity contribution in [2.45, 2.75) is 31.8 Å². The van der Waals surface area contributed by atoms with Crippen LogP contribution in [-0.4, -0.2) is 36.5 Å². The van der Waals surface area contributed by atoms with Gasteiger partial charge in [0.2, 0.25) is 11.8 Å². The highest BCUT2D eigenvalue weighted by Crippen LogP contribution is 2.25. The molecule has 0 fully saturated rings. The van der Waals surface area contributed by atoms with Crippen molar-refractivity contribution in [1.82, 2.24) is 10.6 Å². The molecular formula is C34H34N4O5. The second kappa shape index (κ2) is 15.0. The molecule has 0 radical (unpaired) electrons. The third kappa shape index (κ3) is 8.77. The Morgan fingerprint density at radius 3 is 2.00 bits per heavy atom. The summed E-state index contributed by atoms with van der Waals surface area (Å²) < 4.78 is 9.87. The van der Waals surface area contributed by atoms with Gasteiger partial charge in [-0.05, 0) is 47.4 Å². The standard InChI is InChI=1S/C34H34N4O5/c1-2-42-34(41)43-28-18-16-23(17-19-28)22-37-32(39)29(21-24-10-9-15-27(20-24)31(35)36)38-33(40)30(25-11-5-3-6-12-25)26-13-7-4-8-14-26/h3-20,29-30H,2,21-22H2,1H3,(H3,35,36)(H,37,39)(H,38,40). The molecule has 1 unspecified atom stereocenters. The van der Waals surface area contributed by atoms with Crippen molar-refractivity contribution in [1.29, 1.82) is 5.41 Å². The average molecular weight is 579 g/mol. The van der Waals surface area contributed by atoms with Crippen LogP contribution in [0.4, 0.5) is 4.79 Å². The van der Waals surface area contributed by atoms with Crippen LogP contribution < -0.4 is 21.1 Å². The van der Waals surface area contributed by atoms with Gasteiger partial charge in [-0.3, -0.25) is 15.0 Å². The summed E-state index contributed by atoms with van der Waals surface area (Å²) >= 11 is 0. The van der Waals surface area contributed by atoms with E-state index in [-0.39, 0.29) is 37.2 Å². The van der Waals surface area contributed by atoms with E-state index in [1.165, 1.54) is 0 Å².